The fourth-order valence-electron chi connectivity index (χ4n) is 6.79. The molecule has 43 heavy (non-hydrogen) atoms. The number of anilines is 2. The van der Waals surface area contributed by atoms with Crippen LogP contribution < -0.4 is 14.5 Å². The summed E-state index contributed by atoms with van der Waals surface area (Å²) in [5.74, 6) is -0.476. The van der Waals surface area contributed by atoms with Crippen LogP contribution in [0.5, 0.6) is 6.01 Å². The van der Waals surface area contributed by atoms with Gasteiger partial charge in [-0.05, 0) is 36.8 Å². The molecule has 0 spiro atoms. The van der Waals surface area contributed by atoms with Crippen LogP contribution in [0, 0.1) is 12.8 Å². The summed E-state index contributed by atoms with van der Waals surface area (Å²) in [6, 6.07) is 13.3. The largest absolute Gasteiger partial charge is 0.463 e. The Labute approximate surface area is 251 Å². The van der Waals surface area contributed by atoms with Gasteiger partial charge in [0, 0.05) is 74.8 Å². The van der Waals surface area contributed by atoms with Gasteiger partial charge in [-0.3, -0.25) is 9.59 Å². The molecule has 0 bridgehead atoms. The number of likely N-dealkylation sites (tertiary alicyclic amines) is 1. The molecular formula is C33H39FN6O3. The van der Waals surface area contributed by atoms with E-state index in [2.05, 4.69) is 66.6 Å². The fraction of sp³-hybridized carbons (Fsp3) is 0.455. The highest BCUT2D eigenvalue weighted by Crippen LogP contribution is 2.36. The monoisotopic (exact) mass is 586 g/mol. The summed E-state index contributed by atoms with van der Waals surface area (Å²) >= 11 is 0. The summed E-state index contributed by atoms with van der Waals surface area (Å²) in [7, 11) is 1.86. The number of hydrogen-bond donors (Lipinski definition) is 0. The SMILES string of the molecule is C=C(F)C(=O)N1CCN(c2nc(OC[C@H](C)[C@@H]3CCC(=O)N3C)nc3c2CCN(c2cccc4cccc(C)c24)C3)CC1. The molecule has 3 aliphatic rings. The zero-order valence-electron chi connectivity index (χ0n) is 25.2. The van der Waals surface area contributed by atoms with E-state index < -0.39 is 11.7 Å². The van der Waals surface area contributed by atoms with Crippen molar-refractivity contribution in [3.05, 3.63) is 65.6 Å². The Kier molecular flexibility index (Phi) is 7.94. The third kappa shape index (κ3) is 5.62. The van der Waals surface area contributed by atoms with Crippen LogP contribution in [0.15, 0.2) is 48.8 Å². The Morgan fingerprint density at radius 1 is 1.07 bits per heavy atom. The number of aryl methyl sites for hydroxylation is 1. The van der Waals surface area contributed by atoms with E-state index in [9.17, 15) is 14.0 Å². The van der Waals surface area contributed by atoms with E-state index in [1.807, 2.05) is 11.9 Å². The van der Waals surface area contributed by atoms with Crippen LogP contribution in [-0.2, 0) is 22.6 Å². The van der Waals surface area contributed by atoms with E-state index >= 15 is 0 Å². The first-order valence-electron chi connectivity index (χ1n) is 15.1. The smallest absolute Gasteiger partial charge is 0.318 e. The number of halogens is 1. The number of ether oxygens (including phenoxy) is 1. The summed E-state index contributed by atoms with van der Waals surface area (Å²) in [5.41, 5.74) is 4.43. The summed E-state index contributed by atoms with van der Waals surface area (Å²) in [6.07, 6.45) is 2.15. The molecule has 1 aromatic heterocycles. The van der Waals surface area contributed by atoms with Crippen molar-refractivity contribution in [3.63, 3.8) is 0 Å². The average molecular weight is 587 g/mol. The Morgan fingerprint density at radius 2 is 1.81 bits per heavy atom. The van der Waals surface area contributed by atoms with Gasteiger partial charge in [0.25, 0.3) is 5.91 Å². The molecule has 0 unspecified atom stereocenters. The van der Waals surface area contributed by atoms with Crippen molar-refractivity contribution in [2.45, 2.75) is 45.7 Å². The van der Waals surface area contributed by atoms with E-state index in [0.29, 0.717) is 51.8 Å². The van der Waals surface area contributed by atoms with Gasteiger partial charge >= 0.3 is 6.01 Å². The maximum absolute atomic E-state index is 13.5. The zero-order chi connectivity index (χ0) is 30.2. The first-order valence-corrected chi connectivity index (χ1v) is 15.1. The molecule has 2 atom stereocenters. The maximum atomic E-state index is 13.5. The molecule has 0 radical (unpaired) electrons. The summed E-state index contributed by atoms with van der Waals surface area (Å²) in [6.45, 7) is 11.1. The number of hydrogen-bond acceptors (Lipinski definition) is 7. The lowest BCUT2D eigenvalue weighted by Gasteiger charge is -2.38. The van der Waals surface area contributed by atoms with Gasteiger partial charge in [-0.25, -0.2) is 4.39 Å². The second-order valence-corrected chi connectivity index (χ2v) is 12.0. The van der Waals surface area contributed by atoms with Crippen molar-refractivity contribution in [1.82, 2.24) is 19.8 Å². The lowest BCUT2D eigenvalue weighted by atomic mass is 9.99. The topological polar surface area (TPSA) is 82.1 Å². The van der Waals surface area contributed by atoms with E-state index in [-0.39, 0.29) is 17.9 Å². The zero-order valence-corrected chi connectivity index (χ0v) is 25.2. The third-order valence-corrected chi connectivity index (χ3v) is 9.23. The number of benzene rings is 2. The van der Waals surface area contributed by atoms with Crippen LogP contribution in [0.1, 0.15) is 36.6 Å². The summed E-state index contributed by atoms with van der Waals surface area (Å²) < 4.78 is 19.8. The standard InChI is InChI=1S/C33H39FN6O3/c1-21-7-5-8-24-9-6-10-28(30(21)24)40-14-13-25-26(19-40)35-33(43-20-22(2)27-11-12-29(41)37(27)4)36-31(25)38-15-17-39(18-16-38)32(42)23(3)34/h5-10,22,27H,3,11-20H2,1-2,4H3/t22-,27-/m0/s1. The molecule has 4 heterocycles. The predicted octanol–water partition coefficient (Wildman–Crippen LogP) is 4.27. The molecule has 0 saturated carbocycles. The van der Waals surface area contributed by atoms with E-state index in [4.69, 9.17) is 14.7 Å². The normalized spacial score (nSPS) is 19.5. The highest BCUT2D eigenvalue weighted by molar-refractivity contribution is 5.97. The van der Waals surface area contributed by atoms with Crippen molar-refractivity contribution in [3.8, 4) is 6.01 Å². The molecule has 3 aromatic rings. The van der Waals surface area contributed by atoms with Crippen molar-refractivity contribution >= 4 is 34.1 Å². The van der Waals surface area contributed by atoms with Crippen LogP contribution in [0.4, 0.5) is 15.9 Å². The molecule has 3 aliphatic heterocycles. The van der Waals surface area contributed by atoms with Crippen LogP contribution in [0.2, 0.25) is 0 Å². The number of carbonyl (C=O) groups excluding carboxylic acids is 2. The van der Waals surface area contributed by atoms with Crippen LogP contribution in [-0.4, -0.2) is 84.0 Å². The van der Waals surface area contributed by atoms with Crippen molar-refractivity contribution in [2.75, 3.05) is 56.2 Å². The van der Waals surface area contributed by atoms with E-state index in [1.165, 1.54) is 26.9 Å². The first-order chi connectivity index (χ1) is 20.7. The Morgan fingerprint density at radius 3 is 2.51 bits per heavy atom. The second-order valence-electron chi connectivity index (χ2n) is 12.0. The van der Waals surface area contributed by atoms with Gasteiger partial charge in [-0.1, -0.05) is 43.8 Å². The molecule has 10 heteroatoms. The van der Waals surface area contributed by atoms with E-state index in [0.717, 1.165) is 36.5 Å². The molecule has 0 aliphatic carbocycles. The molecule has 9 nitrogen and oxygen atoms in total. The molecule has 0 N–H and O–H groups in total. The highest BCUT2D eigenvalue weighted by atomic mass is 19.1. The Balaban J connectivity index is 1.29. The third-order valence-electron chi connectivity index (χ3n) is 9.23. The number of aromatic nitrogens is 2. The van der Waals surface area contributed by atoms with Gasteiger partial charge in [0.15, 0.2) is 5.83 Å². The van der Waals surface area contributed by atoms with Crippen molar-refractivity contribution in [1.29, 1.82) is 0 Å². The van der Waals surface area contributed by atoms with Gasteiger partial charge in [0.2, 0.25) is 5.91 Å². The van der Waals surface area contributed by atoms with E-state index in [1.54, 1.807) is 0 Å². The number of fused-ring (bicyclic) bond motifs is 2. The molecule has 2 aromatic carbocycles. The maximum Gasteiger partial charge on any atom is 0.318 e. The average Bonchev–Trinajstić information content (AvgIpc) is 3.36. The number of piperazine rings is 1. The fourth-order valence-corrected chi connectivity index (χ4v) is 6.79. The first kappa shape index (κ1) is 28.9. The van der Waals surface area contributed by atoms with Gasteiger partial charge in [-0.15, -0.1) is 0 Å². The molecule has 2 saturated heterocycles. The van der Waals surface area contributed by atoms with Gasteiger partial charge in [-0.2, -0.15) is 9.97 Å². The lowest BCUT2D eigenvalue weighted by molar-refractivity contribution is -0.129. The Bertz CT molecular complexity index is 1560. The van der Waals surface area contributed by atoms with Crippen LogP contribution in [0.3, 0.4) is 0 Å². The van der Waals surface area contributed by atoms with Gasteiger partial charge in [0.05, 0.1) is 18.8 Å². The molecule has 6 rings (SSSR count). The minimum atomic E-state index is -0.934. The van der Waals surface area contributed by atoms with Crippen LogP contribution in [0.25, 0.3) is 10.8 Å². The molecular weight excluding hydrogens is 547 g/mol. The molecule has 226 valence electrons. The highest BCUT2D eigenvalue weighted by Gasteiger charge is 2.33. The quantitative estimate of drug-likeness (QED) is 0.383. The number of nitrogens with zero attached hydrogens (tertiary/aromatic N) is 6. The minimum absolute atomic E-state index is 0.123. The number of carbonyl (C=O) groups is 2. The van der Waals surface area contributed by atoms with Crippen LogP contribution >= 0.6 is 0 Å². The minimum Gasteiger partial charge on any atom is -0.463 e. The summed E-state index contributed by atoms with van der Waals surface area (Å²) in [4.78, 5) is 42.0. The lowest BCUT2D eigenvalue weighted by Crippen LogP contribution is -2.49. The molecule has 2 amide bonds. The number of amides is 2. The Hall–Kier alpha value is -4.21. The molecule has 2 fully saturated rings. The predicted molar refractivity (Wildman–Crippen MR) is 165 cm³/mol. The van der Waals surface area contributed by atoms with Crippen molar-refractivity contribution < 1.29 is 18.7 Å². The van der Waals surface area contributed by atoms with Crippen molar-refractivity contribution in [2.24, 2.45) is 5.92 Å². The van der Waals surface area contributed by atoms with Gasteiger partial charge < -0.3 is 24.3 Å². The van der Waals surface area contributed by atoms with Gasteiger partial charge in [0.1, 0.15) is 5.82 Å². The second kappa shape index (κ2) is 11.8. The number of rotatable bonds is 7. The summed E-state index contributed by atoms with van der Waals surface area (Å²) in [5, 5.41) is 2.46.